The first-order valence-electron chi connectivity index (χ1n) is 5.34. The highest BCUT2D eigenvalue weighted by Gasteiger charge is 2.20. The van der Waals surface area contributed by atoms with Gasteiger partial charge in [0.05, 0.1) is 6.54 Å². The number of aliphatic carboxylic acids is 1. The van der Waals surface area contributed by atoms with Gasteiger partial charge in [0.2, 0.25) is 5.91 Å². The van der Waals surface area contributed by atoms with Gasteiger partial charge in [0.1, 0.15) is 6.04 Å². The fourth-order valence-electron chi connectivity index (χ4n) is 1.25. The summed E-state index contributed by atoms with van der Waals surface area (Å²) in [7, 11) is 1.42. The zero-order chi connectivity index (χ0) is 14.6. The first kappa shape index (κ1) is 15.2. The van der Waals surface area contributed by atoms with Gasteiger partial charge < -0.3 is 19.7 Å². The number of halogens is 1. The van der Waals surface area contributed by atoms with Gasteiger partial charge in [-0.25, -0.2) is 0 Å². The SMILES string of the molecule is CC(NC(=O)CN(C)C(=O)c1ccc(Br)o1)C(=O)O. The van der Waals surface area contributed by atoms with E-state index in [1.54, 1.807) is 6.07 Å². The summed E-state index contributed by atoms with van der Waals surface area (Å²) < 4.78 is 5.48. The van der Waals surface area contributed by atoms with Crippen molar-refractivity contribution in [2.24, 2.45) is 0 Å². The van der Waals surface area contributed by atoms with Gasteiger partial charge in [0.15, 0.2) is 10.4 Å². The van der Waals surface area contributed by atoms with Crippen LogP contribution in [-0.2, 0) is 9.59 Å². The second kappa shape index (κ2) is 6.37. The molecular formula is C11H13BrN2O5. The molecule has 1 unspecified atom stereocenters. The predicted molar refractivity (Wildman–Crippen MR) is 68.6 cm³/mol. The number of carbonyl (C=O) groups excluding carboxylic acids is 2. The van der Waals surface area contributed by atoms with Crippen LogP contribution in [0.15, 0.2) is 21.2 Å². The van der Waals surface area contributed by atoms with E-state index in [1.165, 1.54) is 20.0 Å². The molecule has 19 heavy (non-hydrogen) atoms. The van der Waals surface area contributed by atoms with E-state index in [2.05, 4.69) is 21.2 Å². The number of nitrogens with zero attached hydrogens (tertiary/aromatic N) is 1. The van der Waals surface area contributed by atoms with Gasteiger partial charge in [-0.1, -0.05) is 0 Å². The van der Waals surface area contributed by atoms with E-state index in [4.69, 9.17) is 9.52 Å². The molecule has 1 atom stereocenters. The largest absolute Gasteiger partial charge is 0.480 e. The molecule has 8 heteroatoms. The molecule has 7 nitrogen and oxygen atoms in total. The molecule has 2 amide bonds. The van der Waals surface area contributed by atoms with Crippen LogP contribution in [0.25, 0.3) is 0 Å². The van der Waals surface area contributed by atoms with Crippen LogP contribution >= 0.6 is 15.9 Å². The maximum Gasteiger partial charge on any atom is 0.325 e. The Labute approximate surface area is 117 Å². The van der Waals surface area contributed by atoms with E-state index in [0.29, 0.717) is 4.67 Å². The van der Waals surface area contributed by atoms with Crippen molar-refractivity contribution in [2.75, 3.05) is 13.6 Å². The van der Waals surface area contributed by atoms with Gasteiger partial charge in [-0.2, -0.15) is 0 Å². The zero-order valence-corrected chi connectivity index (χ0v) is 11.9. The number of amides is 2. The lowest BCUT2D eigenvalue weighted by atomic mass is 10.3. The molecule has 1 aromatic heterocycles. The van der Waals surface area contributed by atoms with Crippen molar-refractivity contribution in [3.05, 3.63) is 22.6 Å². The quantitative estimate of drug-likeness (QED) is 0.826. The second-order valence-corrected chi connectivity index (χ2v) is 4.67. The molecule has 0 aliphatic carbocycles. The standard InChI is InChI=1S/C11H13BrN2O5/c1-6(11(17)18)13-9(15)5-14(2)10(16)7-3-4-8(12)19-7/h3-4,6H,5H2,1-2H3,(H,13,15)(H,17,18). The third-order valence-electron chi connectivity index (χ3n) is 2.26. The Balaban J connectivity index is 2.55. The van der Waals surface area contributed by atoms with Gasteiger partial charge in [0, 0.05) is 7.05 Å². The molecule has 0 aliphatic heterocycles. The highest BCUT2D eigenvalue weighted by atomic mass is 79.9. The normalized spacial score (nSPS) is 11.7. The van der Waals surface area contributed by atoms with Crippen molar-refractivity contribution in [3.8, 4) is 0 Å². The van der Waals surface area contributed by atoms with E-state index in [9.17, 15) is 14.4 Å². The summed E-state index contributed by atoms with van der Waals surface area (Å²) in [6.07, 6.45) is 0. The number of hydrogen-bond donors (Lipinski definition) is 2. The summed E-state index contributed by atoms with van der Waals surface area (Å²) in [6, 6.07) is 2.03. The Morgan fingerprint density at radius 2 is 2.11 bits per heavy atom. The molecule has 0 saturated carbocycles. The third kappa shape index (κ3) is 4.40. The lowest BCUT2D eigenvalue weighted by molar-refractivity contribution is -0.141. The molecule has 0 saturated heterocycles. The summed E-state index contributed by atoms with van der Waals surface area (Å²) in [6.45, 7) is 1.08. The van der Waals surface area contributed by atoms with Crippen molar-refractivity contribution in [3.63, 3.8) is 0 Å². The fraction of sp³-hybridized carbons (Fsp3) is 0.364. The Morgan fingerprint density at radius 3 is 2.58 bits per heavy atom. The summed E-state index contributed by atoms with van der Waals surface area (Å²) >= 11 is 3.07. The second-order valence-electron chi connectivity index (χ2n) is 3.89. The third-order valence-corrected chi connectivity index (χ3v) is 2.69. The summed E-state index contributed by atoms with van der Waals surface area (Å²) in [5.41, 5.74) is 0. The van der Waals surface area contributed by atoms with Crippen LogP contribution < -0.4 is 5.32 Å². The number of furan rings is 1. The van der Waals surface area contributed by atoms with Crippen LogP contribution in [0.3, 0.4) is 0 Å². The van der Waals surface area contributed by atoms with Gasteiger partial charge >= 0.3 is 5.97 Å². The zero-order valence-electron chi connectivity index (χ0n) is 10.3. The van der Waals surface area contributed by atoms with Crippen LogP contribution in [0.4, 0.5) is 0 Å². The van der Waals surface area contributed by atoms with Crippen molar-refractivity contribution in [1.82, 2.24) is 10.2 Å². The summed E-state index contributed by atoms with van der Waals surface area (Å²) in [4.78, 5) is 35.0. The molecule has 2 N–H and O–H groups in total. The number of carbonyl (C=O) groups is 3. The number of hydrogen-bond acceptors (Lipinski definition) is 4. The lowest BCUT2D eigenvalue weighted by Crippen LogP contribution is -2.44. The highest BCUT2D eigenvalue weighted by molar-refractivity contribution is 9.10. The van der Waals surface area contributed by atoms with E-state index in [0.717, 1.165) is 4.90 Å². The summed E-state index contributed by atoms with van der Waals surface area (Å²) in [5.74, 6) is -2.08. The molecule has 0 aliphatic rings. The first-order valence-corrected chi connectivity index (χ1v) is 6.13. The molecule has 0 bridgehead atoms. The number of rotatable bonds is 5. The van der Waals surface area contributed by atoms with Crippen molar-refractivity contribution >= 4 is 33.7 Å². The molecule has 1 rings (SSSR count). The topological polar surface area (TPSA) is 99.9 Å². The van der Waals surface area contributed by atoms with Crippen molar-refractivity contribution in [1.29, 1.82) is 0 Å². The summed E-state index contributed by atoms with van der Waals surface area (Å²) in [5, 5.41) is 10.9. The maximum absolute atomic E-state index is 11.8. The van der Waals surface area contributed by atoms with Crippen LogP contribution in [0.5, 0.6) is 0 Å². The fourth-order valence-corrected chi connectivity index (χ4v) is 1.56. The molecule has 0 radical (unpaired) electrons. The Bertz CT molecular complexity index is 499. The molecular weight excluding hydrogens is 320 g/mol. The van der Waals surface area contributed by atoms with E-state index in [-0.39, 0.29) is 12.3 Å². The van der Waals surface area contributed by atoms with Crippen LogP contribution in [0.2, 0.25) is 0 Å². The minimum atomic E-state index is -1.14. The van der Waals surface area contributed by atoms with E-state index in [1.807, 2.05) is 0 Å². The van der Waals surface area contributed by atoms with Crippen molar-refractivity contribution < 1.29 is 23.9 Å². The highest BCUT2D eigenvalue weighted by Crippen LogP contribution is 2.15. The Morgan fingerprint density at radius 1 is 1.47 bits per heavy atom. The molecule has 1 heterocycles. The number of carboxylic acids is 1. The minimum Gasteiger partial charge on any atom is -0.480 e. The monoisotopic (exact) mass is 332 g/mol. The average molecular weight is 333 g/mol. The minimum absolute atomic E-state index is 0.0912. The molecule has 0 spiro atoms. The van der Waals surface area contributed by atoms with Gasteiger partial charge in [-0.15, -0.1) is 0 Å². The lowest BCUT2D eigenvalue weighted by Gasteiger charge is -2.16. The van der Waals surface area contributed by atoms with Gasteiger partial charge in [-0.05, 0) is 35.0 Å². The van der Waals surface area contributed by atoms with E-state index >= 15 is 0 Å². The maximum atomic E-state index is 11.8. The molecule has 1 aromatic rings. The smallest absolute Gasteiger partial charge is 0.325 e. The molecule has 0 fully saturated rings. The average Bonchev–Trinajstić information content (AvgIpc) is 2.74. The van der Waals surface area contributed by atoms with E-state index < -0.39 is 23.8 Å². The van der Waals surface area contributed by atoms with Crippen LogP contribution in [0.1, 0.15) is 17.5 Å². The molecule has 0 aromatic carbocycles. The Hall–Kier alpha value is -1.83. The number of likely N-dealkylation sites (N-methyl/N-ethyl adjacent to an activating group) is 1. The number of nitrogens with one attached hydrogen (secondary N) is 1. The molecule has 104 valence electrons. The Kier molecular flexibility index (Phi) is 5.11. The van der Waals surface area contributed by atoms with Gasteiger partial charge in [0.25, 0.3) is 5.91 Å². The van der Waals surface area contributed by atoms with Crippen LogP contribution in [0, 0.1) is 0 Å². The predicted octanol–water partition coefficient (Wildman–Crippen LogP) is 0.703. The first-order chi connectivity index (χ1) is 8.81. The van der Waals surface area contributed by atoms with Gasteiger partial charge in [-0.3, -0.25) is 14.4 Å². The van der Waals surface area contributed by atoms with Crippen LogP contribution in [-0.4, -0.2) is 47.4 Å². The number of carboxylic acid groups (broad SMARTS) is 1. The van der Waals surface area contributed by atoms with Crippen molar-refractivity contribution in [2.45, 2.75) is 13.0 Å².